The Morgan fingerprint density at radius 3 is 2.62 bits per heavy atom. The van der Waals surface area contributed by atoms with Crippen LogP contribution in [0.4, 0.5) is 0 Å². The van der Waals surface area contributed by atoms with Gasteiger partial charge in [0.1, 0.15) is 5.75 Å². The molecule has 0 spiro atoms. The molecule has 0 aliphatic rings. The van der Waals surface area contributed by atoms with Gasteiger partial charge in [0.15, 0.2) is 0 Å². The van der Waals surface area contributed by atoms with E-state index in [2.05, 4.69) is 54.0 Å². The summed E-state index contributed by atoms with van der Waals surface area (Å²) in [6.45, 7) is 2.89. The first-order valence-electron chi connectivity index (χ1n) is 7.18. The number of thiophene rings is 2. The van der Waals surface area contributed by atoms with Crippen LogP contribution in [0.3, 0.4) is 0 Å². The first-order chi connectivity index (χ1) is 10.3. The fraction of sp³-hybridized carbons (Fsp3) is 0.294. The van der Waals surface area contributed by atoms with Crippen LogP contribution in [0.1, 0.15) is 29.8 Å². The Balaban J connectivity index is 1.83. The highest BCUT2D eigenvalue weighted by atomic mass is 32.1. The monoisotopic (exact) mass is 317 g/mol. The molecular weight excluding hydrogens is 298 g/mol. The smallest absolute Gasteiger partial charge is 0.119 e. The molecule has 0 saturated heterocycles. The third-order valence-corrected chi connectivity index (χ3v) is 5.58. The van der Waals surface area contributed by atoms with E-state index in [9.17, 15) is 0 Å². The van der Waals surface area contributed by atoms with Crippen molar-refractivity contribution in [3.8, 4) is 5.75 Å². The molecule has 110 valence electrons. The van der Waals surface area contributed by atoms with Crippen LogP contribution < -0.4 is 10.1 Å². The molecule has 0 amide bonds. The predicted octanol–water partition coefficient (Wildman–Crippen LogP) is 5.06. The highest BCUT2D eigenvalue weighted by molar-refractivity contribution is 7.27. The highest BCUT2D eigenvalue weighted by Crippen LogP contribution is 2.36. The van der Waals surface area contributed by atoms with Gasteiger partial charge in [0, 0.05) is 14.3 Å². The van der Waals surface area contributed by atoms with Gasteiger partial charge >= 0.3 is 0 Å². The van der Waals surface area contributed by atoms with E-state index in [1.807, 2.05) is 18.4 Å². The summed E-state index contributed by atoms with van der Waals surface area (Å²) >= 11 is 3.67. The number of nitrogens with one attached hydrogen (secondary N) is 1. The van der Waals surface area contributed by atoms with Gasteiger partial charge in [0.25, 0.3) is 0 Å². The molecule has 0 bridgehead atoms. The van der Waals surface area contributed by atoms with Crippen molar-refractivity contribution in [2.45, 2.75) is 19.4 Å². The number of benzene rings is 1. The average Bonchev–Trinajstić information content (AvgIpc) is 3.09. The van der Waals surface area contributed by atoms with Crippen LogP contribution in [-0.2, 0) is 0 Å². The minimum atomic E-state index is 0.245. The predicted molar refractivity (Wildman–Crippen MR) is 92.8 cm³/mol. The van der Waals surface area contributed by atoms with Crippen LogP contribution in [0.25, 0.3) is 9.40 Å². The van der Waals surface area contributed by atoms with E-state index in [1.165, 1.54) is 19.8 Å². The summed E-state index contributed by atoms with van der Waals surface area (Å²) < 4.78 is 8.40. The van der Waals surface area contributed by atoms with Gasteiger partial charge in [0.2, 0.25) is 0 Å². The van der Waals surface area contributed by atoms with Crippen LogP contribution in [0, 0.1) is 0 Å². The summed E-state index contributed by atoms with van der Waals surface area (Å²) in [4.78, 5) is 1.36. The third-order valence-electron chi connectivity index (χ3n) is 3.42. The quantitative estimate of drug-likeness (QED) is 0.686. The Kier molecular flexibility index (Phi) is 4.58. The van der Waals surface area contributed by atoms with Crippen LogP contribution in [0.2, 0.25) is 0 Å². The fourth-order valence-corrected chi connectivity index (χ4v) is 4.63. The van der Waals surface area contributed by atoms with E-state index in [0.717, 1.165) is 18.8 Å². The molecule has 3 rings (SSSR count). The van der Waals surface area contributed by atoms with Crippen LogP contribution >= 0.6 is 22.7 Å². The van der Waals surface area contributed by atoms with Crippen LogP contribution in [-0.4, -0.2) is 13.7 Å². The first kappa shape index (κ1) is 14.6. The molecule has 0 aliphatic heterocycles. The van der Waals surface area contributed by atoms with Gasteiger partial charge < -0.3 is 10.1 Å². The fourth-order valence-electron chi connectivity index (χ4n) is 2.38. The van der Waals surface area contributed by atoms with Crippen molar-refractivity contribution in [3.05, 3.63) is 52.2 Å². The summed E-state index contributed by atoms with van der Waals surface area (Å²) in [5.74, 6) is 0.947. The maximum Gasteiger partial charge on any atom is 0.119 e. The molecule has 3 aromatic rings. The van der Waals surface area contributed by atoms with Crippen molar-refractivity contribution in [3.63, 3.8) is 0 Å². The minimum Gasteiger partial charge on any atom is -0.494 e. The number of hydrogen-bond acceptors (Lipinski definition) is 4. The van der Waals surface area contributed by atoms with E-state index in [1.54, 1.807) is 11.3 Å². The van der Waals surface area contributed by atoms with E-state index < -0.39 is 0 Å². The van der Waals surface area contributed by atoms with E-state index in [-0.39, 0.29) is 6.04 Å². The van der Waals surface area contributed by atoms with E-state index in [0.29, 0.717) is 0 Å². The first-order valence-corrected chi connectivity index (χ1v) is 8.88. The Labute approximate surface area is 133 Å². The molecule has 4 heteroatoms. The molecule has 2 aromatic heterocycles. The van der Waals surface area contributed by atoms with Crippen molar-refractivity contribution < 1.29 is 4.74 Å². The molecule has 2 heterocycles. The zero-order valence-corrected chi connectivity index (χ0v) is 13.9. The van der Waals surface area contributed by atoms with Gasteiger partial charge in [-0.25, -0.2) is 0 Å². The van der Waals surface area contributed by atoms with Crippen LogP contribution in [0.15, 0.2) is 41.8 Å². The lowest BCUT2D eigenvalue weighted by molar-refractivity contribution is 0.317. The molecule has 1 aromatic carbocycles. The lowest BCUT2D eigenvalue weighted by Crippen LogP contribution is -2.16. The second kappa shape index (κ2) is 6.60. The zero-order chi connectivity index (χ0) is 14.7. The summed E-state index contributed by atoms with van der Waals surface area (Å²) in [5, 5.41) is 5.57. The van der Waals surface area contributed by atoms with Gasteiger partial charge in [0.05, 0.1) is 12.6 Å². The number of fused-ring (bicyclic) bond motifs is 1. The molecular formula is C17H19NOS2. The topological polar surface area (TPSA) is 21.3 Å². The Morgan fingerprint density at radius 1 is 1.14 bits per heavy atom. The molecule has 1 atom stereocenters. The Hall–Kier alpha value is -1.36. The number of hydrogen-bond donors (Lipinski definition) is 1. The Morgan fingerprint density at radius 2 is 1.95 bits per heavy atom. The largest absolute Gasteiger partial charge is 0.494 e. The second-order valence-corrected chi connectivity index (χ2v) is 7.00. The van der Waals surface area contributed by atoms with Crippen molar-refractivity contribution in [2.24, 2.45) is 0 Å². The average molecular weight is 317 g/mol. The normalized spacial score (nSPS) is 12.7. The third kappa shape index (κ3) is 3.12. The molecule has 0 saturated carbocycles. The zero-order valence-electron chi connectivity index (χ0n) is 12.3. The van der Waals surface area contributed by atoms with Gasteiger partial charge in [-0.1, -0.05) is 19.1 Å². The minimum absolute atomic E-state index is 0.245. The van der Waals surface area contributed by atoms with E-state index >= 15 is 0 Å². The molecule has 1 unspecified atom stereocenters. The van der Waals surface area contributed by atoms with Crippen LogP contribution in [0.5, 0.6) is 5.75 Å². The van der Waals surface area contributed by atoms with Crippen molar-refractivity contribution >= 4 is 32.1 Å². The van der Waals surface area contributed by atoms with Gasteiger partial charge in [-0.2, -0.15) is 0 Å². The lowest BCUT2D eigenvalue weighted by atomic mass is 10.1. The standard InChI is InChI=1S/C17H19NOS2/c1-3-9-19-13-6-4-12(5-7-13)17(18-2)16-11-15-14(21-16)8-10-20-15/h4-8,10-11,17-18H,3,9H2,1-2H3. The maximum atomic E-state index is 5.65. The molecule has 0 fully saturated rings. The van der Waals surface area contributed by atoms with Crippen molar-refractivity contribution in [1.29, 1.82) is 0 Å². The number of ether oxygens (including phenoxy) is 1. The Bertz CT molecular complexity index is 670. The van der Waals surface area contributed by atoms with Crippen molar-refractivity contribution in [2.75, 3.05) is 13.7 Å². The SMILES string of the molecule is CCCOc1ccc(C(NC)c2cc3sccc3s2)cc1. The summed E-state index contributed by atoms with van der Waals surface area (Å²) in [6, 6.07) is 13.2. The summed E-state index contributed by atoms with van der Waals surface area (Å²) in [6.07, 6.45) is 1.03. The molecule has 2 nitrogen and oxygen atoms in total. The molecule has 21 heavy (non-hydrogen) atoms. The molecule has 0 radical (unpaired) electrons. The van der Waals surface area contributed by atoms with Crippen molar-refractivity contribution in [1.82, 2.24) is 5.32 Å². The summed E-state index contributed by atoms with van der Waals surface area (Å²) in [5.41, 5.74) is 1.27. The molecule has 0 aliphatic carbocycles. The lowest BCUT2D eigenvalue weighted by Gasteiger charge is -2.15. The van der Waals surface area contributed by atoms with E-state index in [4.69, 9.17) is 4.74 Å². The maximum absolute atomic E-state index is 5.65. The van der Waals surface area contributed by atoms with Gasteiger partial charge in [-0.15, -0.1) is 22.7 Å². The number of rotatable bonds is 6. The molecule has 1 N–H and O–H groups in total. The van der Waals surface area contributed by atoms with Gasteiger partial charge in [-0.3, -0.25) is 0 Å². The summed E-state index contributed by atoms with van der Waals surface area (Å²) in [7, 11) is 2.01. The second-order valence-electron chi connectivity index (χ2n) is 4.94. The highest BCUT2D eigenvalue weighted by Gasteiger charge is 2.15. The van der Waals surface area contributed by atoms with Gasteiger partial charge in [-0.05, 0) is 48.7 Å².